The summed E-state index contributed by atoms with van der Waals surface area (Å²) in [6, 6.07) is 12.5. The normalized spacial score (nSPS) is 12.8. The van der Waals surface area contributed by atoms with Crippen molar-refractivity contribution in [3.63, 3.8) is 0 Å². The highest BCUT2D eigenvalue weighted by molar-refractivity contribution is 5.76. The minimum absolute atomic E-state index is 0.186. The van der Waals surface area contributed by atoms with Crippen molar-refractivity contribution in [1.29, 1.82) is 0 Å². The number of alkyl carbamates (subject to hydrolysis) is 1. The fourth-order valence-electron chi connectivity index (χ4n) is 3.11. The lowest BCUT2D eigenvalue weighted by Gasteiger charge is -2.24. The Morgan fingerprint density at radius 2 is 1.80 bits per heavy atom. The maximum absolute atomic E-state index is 12.3. The standard InChI is InChI=1S/C23H31N3O4/c1-17(2)12-20(26-23(28)30-16-18-8-5-4-6-9-18)15-25-21(22(27)29-3)13-19-10-7-11-24-14-19/h4-11,14,17,20-21,25H,12-13,15-16H2,1-3H3,(H,26,28)/t20-,21+/m1/s1. The van der Waals surface area contributed by atoms with Crippen LogP contribution in [0.2, 0.25) is 0 Å². The lowest BCUT2D eigenvalue weighted by atomic mass is 10.0. The van der Waals surface area contributed by atoms with Crippen molar-refractivity contribution >= 4 is 12.1 Å². The lowest BCUT2D eigenvalue weighted by Crippen LogP contribution is -2.48. The zero-order valence-electron chi connectivity index (χ0n) is 17.8. The number of nitrogens with zero attached hydrogens (tertiary/aromatic N) is 1. The Labute approximate surface area is 178 Å². The molecule has 1 aromatic carbocycles. The van der Waals surface area contributed by atoms with Gasteiger partial charge in [-0.1, -0.05) is 50.2 Å². The van der Waals surface area contributed by atoms with Crippen LogP contribution in [0.3, 0.4) is 0 Å². The third-order valence-corrected chi connectivity index (χ3v) is 4.55. The molecule has 0 spiro atoms. The van der Waals surface area contributed by atoms with Gasteiger partial charge < -0.3 is 20.1 Å². The summed E-state index contributed by atoms with van der Waals surface area (Å²) in [5.41, 5.74) is 1.85. The highest BCUT2D eigenvalue weighted by atomic mass is 16.5. The summed E-state index contributed by atoms with van der Waals surface area (Å²) in [5.74, 6) is 0.00919. The van der Waals surface area contributed by atoms with Crippen LogP contribution in [0.1, 0.15) is 31.4 Å². The fraction of sp³-hybridized carbons (Fsp3) is 0.435. The summed E-state index contributed by atoms with van der Waals surface area (Å²) >= 11 is 0. The number of hydrogen-bond donors (Lipinski definition) is 2. The van der Waals surface area contributed by atoms with Gasteiger partial charge in [0.1, 0.15) is 12.6 Å². The Morgan fingerprint density at radius 3 is 2.43 bits per heavy atom. The van der Waals surface area contributed by atoms with Gasteiger partial charge in [-0.25, -0.2) is 4.79 Å². The van der Waals surface area contributed by atoms with Crippen molar-refractivity contribution in [2.75, 3.05) is 13.7 Å². The van der Waals surface area contributed by atoms with Crippen LogP contribution in [-0.2, 0) is 27.3 Å². The molecule has 0 saturated carbocycles. The first-order valence-electron chi connectivity index (χ1n) is 10.1. The Hall–Kier alpha value is -2.93. The molecule has 0 unspecified atom stereocenters. The molecule has 0 aliphatic heterocycles. The van der Waals surface area contributed by atoms with Crippen molar-refractivity contribution in [2.45, 2.75) is 45.4 Å². The van der Waals surface area contributed by atoms with E-state index in [-0.39, 0.29) is 18.6 Å². The van der Waals surface area contributed by atoms with Gasteiger partial charge in [-0.3, -0.25) is 9.78 Å². The van der Waals surface area contributed by atoms with E-state index in [0.717, 1.165) is 17.5 Å². The van der Waals surface area contributed by atoms with Gasteiger partial charge in [0.15, 0.2) is 0 Å². The van der Waals surface area contributed by atoms with Gasteiger partial charge in [0.05, 0.1) is 7.11 Å². The smallest absolute Gasteiger partial charge is 0.407 e. The predicted molar refractivity (Wildman–Crippen MR) is 115 cm³/mol. The highest BCUT2D eigenvalue weighted by Gasteiger charge is 2.22. The second-order valence-electron chi connectivity index (χ2n) is 7.58. The molecule has 0 radical (unpaired) electrons. The van der Waals surface area contributed by atoms with Crippen LogP contribution >= 0.6 is 0 Å². The van der Waals surface area contributed by atoms with Gasteiger partial charge in [-0.15, -0.1) is 0 Å². The number of carbonyl (C=O) groups excluding carboxylic acids is 2. The topological polar surface area (TPSA) is 89.5 Å². The quantitative estimate of drug-likeness (QED) is 0.550. The van der Waals surface area contributed by atoms with Gasteiger partial charge in [0.2, 0.25) is 0 Å². The number of aromatic nitrogens is 1. The number of ether oxygens (including phenoxy) is 2. The van der Waals surface area contributed by atoms with Gasteiger partial charge in [0.25, 0.3) is 0 Å². The molecular formula is C23H31N3O4. The molecule has 7 heteroatoms. The van der Waals surface area contributed by atoms with E-state index in [1.54, 1.807) is 12.4 Å². The Bertz CT molecular complexity index is 769. The first kappa shape index (κ1) is 23.3. The number of pyridine rings is 1. The molecule has 1 amide bonds. The summed E-state index contributed by atoms with van der Waals surface area (Å²) in [7, 11) is 1.37. The summed E-state index contributed by atoms with van der Waals surface area (Å²) in [6.07, 6.45) is 4.13. The monoisotopic (exact) mass is 413 g/mol. The Kier molecular flexibility index (Phi) is 9.80. The van der Waals surface area contributed by atoms with E-state index >= 15 is 0 Å². The minimum atomic E-state index is -0.531. The number of benzene rings is 1. The average molecular weight is 414 g/mol. The SMILES string of the molecule is COC(=O)[C@H](Cc1cccnc1)NC[C@@H](CC(C)C)NC(=O)OCc1ccccc1. The summed E-state index contributed by atoms with van der Waals surface area (Å²) in [4.78, 5) is 28.6. The van der Waals surface area contributed by atoms with Crippen molar-refractivity contribution in [3.8, 4) is 0 Å². The first-order chi connectivity index (χ1) is 14.5. The molecule has 2 rings (SSSR count). The van der Waals surface area contributed by atoms with Crippen LogP contribution in [-0.4, -0.2) is 42.8 Å². The fourth-order valence-corrected chi connectivity index (χ4v) is 3.11. The molecule has 0 saturated heterocycles. The van der Waals surface area contributed by atoms with Crippen LogP contribution in [0.15, 0.2) is 54.9 Å². The molecule has 30 heavy (non-hydrogen) atoms. The number of methoxy groups -OCH3 is 1. The highest BCUT2D eigenvalue weighted by Crippen LogP contribution is 2.08. The third-order valence-electron chi connectivity index (χ3n) is 4.55. The molecule has 7 nitrogen and oxygen atoms in total. The zero-order chi connectivity index (χ0) is 21.8. The number of esters is 1. The first-order valence-corrected chi connectivity index (χ1v) is 10.1. The minimum Gasteiger partial charge on any atom is -0.468 e. The van der Waals surface area contributed by atoms with Crippen molar-refractivity contribution < 1.29 is 19.1 Å². The van der Waals surface area contributed by atoms with Crippen molar-refractivity contribution in [3.05, 3.63) is 66.0 Å². The van der Waals surface area contributed by atoms with Gasteiger partial charge in [-0.2, -0.15) is 0 Å². The van der Waals surface area contributed by atoms with E-state index in [1.807, 2.05) is 42.5 Å². The van der Waals surface area contributed by atoms with Crippen LogP contribution in [0, 0.1) is 5.92 Å². The van der Waals surface area contributed by atoms with E-state index in [4.69, 9.17) is 9.47 Å². The van der Waals surface area contributed by atoms with Crippen molar-refractivity contribution in [1.82, 2.24) is 15.6 Å². The van der Waals surface area contributed by atoms with Gasteiger partial charge >= 0.3 is 12.1 Å². The van der Waals surface area contributed by atoms with Gasteiger partial charge in [0, 0.05) is 25.0 Å². The van der Waals surface area contributed by atoms with E-state index in [1.165, 1.54) is 7.11 Å². The lowest BCUT2D eigenvalue weighted by molar-refractivity contribution is -0.143. The summed E-state index contributed by atoms with van der Waals surface area (Å²) in [5, 5.41) is 6.14. The summed E-state index contributed by atoms with van der Waals surface area (Å²) in [6.45, 7) is 4.79. The van der Waals surface area contributed by atoms with E-state index in [2.05, 4.69) is 29.5 Å². The van der Waals surface area contributed by atoms with Crippen molar-refractivity contribution in [2.24, 2.45) is 5.92 Å². The number of rotatable bonds is 11. The molecule has 2 aromatic rings. The molecule has 0 aliphatic carbocycles. The van der Waals surface area contributed by atoms with Crippen LogP contribution < -0.4 is 10.6 Å². The second kappa shape index (κ2) is 12.6. The van der Waals surface area contributed by atoms with Crippen LogP contribution in [0.25, 0.3) is 0 Å². The average Bonchev–Trinajstić information content (AvgIpc) is 2.75. The molecule has 1 aromatic heterocycles. The summed E-state index contributed by atoms with van der Waals surface area (Å²) < 4.78 is 10.3. The molecular weight excluding hydrogens is 382 g/mol. The molecule has 0 aliphatic rings. The number of amides is 1. The predicted octanol–water partition coefficient (Wildman–Crippen LogP) is 3.10. The Balaban J connectivity index is 1.92. The molecule has 2 atom stereocenters. The maximum atomic E-state index is 12.3. The zero-order valence-corrected chi connectivity index (χ0v) is 17.8. The molecule has 0 bridgehead atoms. The molecule has 0 fully saturated rings. The molecule has 2 N–H and O–H groups in total. The van der Waals surface area contributed by atoms with Crippen LogP contribution in [0.4, 0.5) is 4.79 Å². The third kappa shape index (κ3) is 8.61. The van der Waals surface area contributed by atoms with E-state index in [0.29, 0.717) is 18.9 Å². The number of carbonyl (C=O) groups is 2. The van der Waals surface area contributed by atoms with Crippen LogP contribution in [0.5, 0.6) is 0 Å². The van der Waals surface area contributed by atoms with Gasteiger partial charge in [-0.05, 0) is 36.0 Å². The second-order valence-corrected chi connectivity index (χ2v) is 7.58. The molecule has 162 valence electrons. The molecule has 1 heterocycles. The Morgan fingerprint density at radius 1 is 1.07 bits per heavy atom. The van der Waals surface area contributed by atoms with E-state index in [9.17, 15) is 9.59 Å². The maximum Gasteiger partial charge on any atom is 0.407 e. The number of nitrogens with one attached hydrogen (secondary N) is 2. The number of hydrogen-bond acceptors (Lipinski definition) is 6. The van der Waals surface area contributed by atoms with E-state index < -0.39 is 12.1 Å². The largest absolute Gasteiger partial charge is 0.468 e.